The molecule has 16 heavy (non-hydrogen) atoms. The molecule has 1 fully saturated rings. The molecule has 3 nitrogen and oxygen atoms in total. The number of hydrogen-bond acceptors (Lipinski definition) is 2. The lowest BCUT2D eigenvalue weighted by molar-refractivity contribution is -0.131. The second kappa shape index (κ2) is 4.39. The molecular weight excluding hydrogens is 202 g/mol. The van der Waals surface area contributed by atoms with Crippen molar-refractivity contribution in [3.05, 3.63) is 35.9 Å². The lowest BCUT2D eigenvalue weighted by Gasteiger charge is -2.18. The van der Waals surface area contributed by atoms with Crippen LogP contribution in [0.2, 0.25) is 0 Å². The molecule has 1 aliphatic rings. The number of aliphatic carboxylic acids is 1. The Kier molecular flexibility index (Phi) is 2.95. The van der Waals surface area contributed by atoms with Gasteiger partial charge in [0.15, 0.2) is 0 Å². The quantitative estimate of drug-likeness (QED) is 0.787. The first kappa shape index (κ1) is 10.7. The van der Waals surface area contributed by atoms with Crippen LogP contribution in [-0.4, -0.2) is 24.2 Å². The minimum Gasteiger partial charge on any atom is -0.478 e. The second-order valence-electron chi connectivity index (χ2n) is 4.11. The van der Waals surface area contributed by atoms with E-state index in [1.807, 2.05) is 24.3 Å². The maximum Gasteiger partial charge on any atom is 0.328 e. The lowest BCUT2D eigenvalue weighted by Crippen LogP contribution is -2.18. The first-order valence-electron chi connectivity index (χ1n) is 5.41. The number of carboxylic acid groups (broad SMARTS) is 1. The summed E-state index contributed by atoms with van der Waals surface area (Å²) in [5.74, 6) is -0.917. The van der Waals surface area contributed by atoms with Gasteiger partial charge in [-0.25, -0.2) is 4.79 Å². The van der Waals surface area contributed by atoms with Gasteiger partial charge in [0.2, 0.25) is 0 Å². The zero-order valence-corrected chi connectivity index (χ0v) is 9.26. The summed E-state index contributed by atoms with van der Waals surface area (Å²) in [6.45, 7) is 0. The van der Waals surface area contributed by atoms with Gasteiger partial charge in [0.05, 0.1) is 0 Å². The maximum absolute atomic E-state index is 10.4. The van der Waals surface area contributed by atoms with E-state index in [9.17, 15) is 4.79 Å². The van der Waals surface area contributed by atoms with E-state index in [0.717, 1.165) is 11.6 Å². The monoisotopic (exact) mass is 217 g/mol. The van der Waals surface area contributed by atoms with Crippen molar-refractivity contribution in [1.29, 1.82) is 0 Å². The molecule has 1 N–H and O–H groups in total. The summed E-state index contributed by atoms with van der Waals surface area (Å²) in [6, 6.07) is 8.63. The van der Waals surface area contributed by atoms with Crippen molar-refractivity contribution in [2.75, 3.05) is 11.9 Å². The van der Waals surface area contributed by atoms with Crippen molar-refractivity contribution in [3.8, 4) is 0 Å². The smallest absolute Gasteiger partial charge is 0.328 e. The average Bonchev–Trinajstić information content (AvgIpc) is 3.10. The highest BCUT2D eigenvalue weighted by Crippen LogP contribution is 2.30. The lowest BCUT2D eigenvalue weighted by atomic mass is 10.2. The van der Waals surface area contributed by atoms with Gasteiger partial charge in [0, 0.05) is 24.9 Å². The summed E-state index contributed by atoms with van der Waals surface area (Å²) in [7, 11) is 2.10. The van der Waals surface area contributed by atoms with E-state index >= 15 is 0 Å². The first-order valence-corrected chi connectivity index (χ1v) is 5.41. The van der Waals surface area contributed by atoms with E-state index in [1.165, 1.54) is 18.5 Å². The van der Waals surface area contributed by atoms with Crippen molar-refractivity contribution in [1.82, 2.24) is 0 Å². The van der Waals surface area contributed by atoms with Gasteiger partial charge in [-0.2, -0.15) is 0 Å². The standard InChI is InChI=1S/C13H15NO2/c1-14(12-7-8-12)11-5-2-10(3-6-11)4-9-13(15)16/h2-6,9,12H,7-8H2,1H3,(H,15,16)/b9-4+. The fourth-order valence-corrected chi connectivity index (χ4v) is 1.66. The summed E-state index contributed by atoms with van der Waals surface area (Å²) < 4.78 is 0. The van der Waals surface area contributed by atoms with Gasteiger partial charge >= 0.3 is 5.97 Å². The van der Waals surface area contributed by atoms with Gasteiger partial charge in [0.1, 0.15) is 0 Å². The van der Waals surface area contributed by atoms with Crippen molar-refractivity contribution < 1.29 is 9.90 Å². The van der Waals surface area contributed by atoms with Crippen LogP contribution in [0.15, 0.2) is 30.3 Å². The number of nitrogens with zero attached hydrogens (tertiary/aromatic N) is 1. The first-order chi connectivity index (χ1) is 7.66. The van der Waals surface area contributed by atoms with Crippen molar-refractivity contribution in [2.45, 2.75) is 18.9 Å². The van der Waals surface area contributed by atoms with Crippen molar-refractivity contribution >= 4 is 17.7 Å². The normalized spacial score (nSPS) is 15.3. The fraction of sp³-hybridized carbons (Fsp3) is 0.308. The Balaban J connectivity index is 2.06. The molecular formula is C13H15NO2. The van der Waals surface area contributed by atoms with Gasteiger partial charge in [0.25, 0.3) is 0 Å². The minimum atomic E-state index is -0.917. The summed E-state index contributed by atoms with van der Waals surface area (Å²) in [6.07, 6.45) is 5.30. The number of anilines is 1. The van der Waals surface area contributed by atoms with Crippen LogP contribution in [0.1, 0.15) is 18.4 Å². The Hall–Kier alpha value is -1.77. The molecule has 2 rings (SSSR count). The van der Waals surface area contributed by atoms with Crippen molar-refractivity contribution in [2.24, 2.45) is 0 Å². The van der Waals surface area contributed by atoms with Crippen LogP contribution < -0.4 is 4.90 Å². The van der Waals surface area contributed by atoms with E-state index in [-0.39, 0.29) is 0 Å². The van der Waals surface area contributed by atoms with Crippen LogP contribution in [0.25, 0.3) is 6.08 Å². The van der Waals surface area contributed by atoms with Crippen LogP contribution in [0.5, 0.6) is 0 Å². The number of hydrogen-bond donors (Lipinski definition) is 1. The minimum absolute atomic E-state index is 0.695. The summed E-state index contributed by atoms with van der Waals surface area (Å²) in [4.78, 5) is 12.6. The molecule has 0 saturated heterocycles. The molecule has 0 amide bonds. The molecule has 1 aliphatic carbocycles. The Morgan fingerprint density at radius 1 is 1.38 bits per heavy atom. The Labute approximate surface area is 95.0 Å². The largest absolute Gasteiger partial charge is 0.478 e. The number of carboxylic acids is 1. The van der Waals surface area contributed by atoms with E-state index in [2.05, 4.69) is 11.9 Å². The van der Waals surface area contributed by atoms with Gasteiger partial charge < -0.3 is 10.0 Å². The third-order valence-corrected chi connectivity index (χ3v) is 2.81. The molecule has 0 bridgehead atoms. The molecule has 3 heteroatoms. The van der Waals surface area contributed by atoms with Crippen LogP contribution in [0.3, 0.4) is 0 Å². The molecule has 0 aromatic heterocycles. The van der Waals surface area contributed by atoms with Crippen molar-refractivity contribution in [3.63, 3.8) is 0 Å². The maximum atomic E-state index is 10.4. The highest BCUT2D eigenvalue weighted by atomic mass is 16.4. The summed E-state index contributed by atoms with van der Waals surface area (Å²) in [5, 5.41) is 8.50. The predicted molar refractivity (Wildman–Crippen MR) is 64.5 cm³/mol. The molecule has 84 valence electrons. The van der Waals surface area contributed by atoms with E-state index in [1.54, 1.807) is 6.08 Å². The van der Waals surface area contributed by atoms with Gasteiger partial charge in [-0.3, -0.25) is 0 Å². The number of rotatable bonds is 4. The second-order valence-corrected chi connectivity index (χ2v) is 4.11. The highest BCUT2D eigenvalue weighted by molar-refractivity contribution is 5.85. The molecule has 0 radical (unpaired) electrons. The van der Waals surface area contributed by atoms with E-state index in [0.29, 0.717) is 6.04 Å². The van der Waals surface area contributed by atoms with Crippen LogP contribution in [0, 0.1) is 0 Å². The molecule has 0 heterocycles. The van der Waals surface area contributed by atoms with Gasteiger partial charge in [-0.15, -0.1) is 0 Å². The van der Waals surface area contributed by atoms with Crippen LogP contribution >= 0.6 is 0 Å². The molecule has 1 saturated carbocycles. The van der Waals surface area contributed by atoms with E-state index in [4.69, 9.17) is 5.11 Å². The number of benzene rings is 1. The van der Waals surface area contributed by atoms with E-state index < -0.39 is 5.97 Å². The Morgan fingerprint density at radius 3 is 2.50 bits per heavy atom. The molecule has 0 atom stereocenters. The SMILES string of the molecule is CN(c1ccc(/C=C/C(=O)O)cc1)C1CC1. The molecule has 1 aromatic carbocycles. The van der Waals surface area contributed by atoms with Crippen LogP contribution in [0.4, 0.5) is 5.69 Å². The zero-order chi connectivity index (χ0) is 11.5. The molecule has 0 aliphatic heterocycles. The van der Waals surface area contributed by atoms with Gasteiger partial charge in [-0.05, 0) is 36.6 Å². The summed E-state index contributed by atoms with van der Waals surface area (Å²) in [5.41, 5.74) is 2.10. The molecule has 1 aromatic rings. The summed E-state index contributed by atoms with van der Waals surface area (Å²) >= 11 is 0. The number of carbonyl (C=O) groups is 1. The Bertz CT molecular complexity index is 404. The van der Waals surface area contributed by atoms with Gasteiger partial charge in [-0.1, -0.05) is 12.1 Å². The predicted octanol–water partition coefficient (Wildman–Crippen LogP) is 2.38. The Morgan fingerprint density at radius 2 is 2.00 bits per heavy atom. The fourth-order valence-electron chi connectivity index (χ4n) is 1.66. The average molecular weight is 217 g/mol. The zero-order valence-electron chi connectivity index (χ0n) is 9.26. The highest BCUT2D eigenvalue weighted by Gasteiger charge is 2.26. The van der Waals surface area contributed by atoms with Crippen LogP contribution in [-0.2, 0) is 4.79 Å². The third-order valence-electron chi connectivity index (χ3n) is 2.81. The third kappa shape index (κ3) is 2.63. The topological polar surface area (TPSA) is 40.5 Å². The molecule has 0 unspecified atom stereocenters. The molecule has 0 spiro atoms.